The van der Waals surface area contributed by atoms with E-state index in [-0.39, 0.29) is 11.8 Å². The molecule has 1 fully saturated rings. The van der Waals surface area contributed by atoms with Gasteiger partial charge in [0.25, 0.3) is 0 Å². The van der Waals surface area contributed by atoms with Gasteiger partial charge in [0.1, 0.15) is 11.6 Å². The predicted octanol–water partition coefficient (Wildman–Crippen LogP) is 5.67. The van der Waals surface area contributed by atoms with Crippen LogP contribution in [0.5, 0.6) is 5.75 Å². The number of hydrogen-bond donors (Lipinski definition) is 0. The highest BCUT2D eigenvalue weighted by Crippen LogP contribution is 2.37. The number of allylic oxidation sites excluding steroid dienone is 1. The first-order chi connectivity index (χ1) is 16.2. The Morgan fingerprint density at radius 3 is 2.61 bits per heavy atom. The zero-order chi connectivity index (χ0) is 22.6. The molecule has 1 aromatic heterocycles. The summed E-state index contributed by atoms with van der Waals surface area (Å²) in [5, 5.41) is 0. The zero-order valence-corrected chi connectivity index (χ0v) is 18.7. The fourth-order valence-electron chi connectivity index (χ4n) is 4.53. The molecule has 0 radical (unpaired) electrons. The third-order valence-electron chi connectivity index (χ3n) is 6.03. The number of benzene rings is 3. The minimum Gasteiger partial charge on any atom is -0.492 e. The second kappa shape index (κ2) is 9.33. The van der Waals surface area contributed by atoms with Crippen molar-refractivity contribution in [3.8, 4) is 5.75 Å². The van der Waals surface area contributed by atoms with Gasteiger partial charge in [-0.1, -0.05) is 66.7 Å². The first-order valence-electron chi connectivity index (χ1n) is 11.4. The summed E-state index contributed by atoms with van der Waals surface area (Å²) >= 11 is 0. The molecular weight excluding hydrogens is 410 g/mol. The zero-order valence-electron chi connectivity index (χ0n) is 18.7. The summed E-state index contributed by atoms with van der Waals surface area (Å²) in [5.74, 6) is 1.82. The van der Waals surface area contributed by atoms with Crippen molar-refractivity contribution >= 4 is 28.7 Å². The minimum atomic E-state index is 0.0182. The molecule has 0 aliphatic carbocycles. The number of carbonyl (C=O) groups excluding carboxylic acids is 1. The fraction of sp³-hybridized carbons (Fsp3) is 0.214. The monoisotopic (exact) mass is 437 g/mol. The van der Waals surface area contributed by atoms with Gasteiger partial charge in [0.05, 0.1) is 23.3 Å². The van der Waals surface area contributed by atoms with E-state index >= 15 is 0 Å². The molecule has 5 rings (SSSR count). The van der Waals surface area contributed by atoms with Gasteiger partial charge >= 0.3 is 0 Å². The van der Waals surface area contributed by atoms with Gasteiger partial charge in [-0.05, 0) is 36.8 Å². The van der Waals surface area contributed by atoms with Gasteiger partial charge in [-0.15, -0.1) is 0 Å². The Hall–Kier alpha value is -3.86. The van der Waals surface area contributed by atoms with Crippen LogP contribution in [-0.4, -0.2) is 28.6 Å². The highest BCUT2D eigenvalue weighted by atomic mass is 16.5. The first kappa shape index (κ1) is 21.0. The van der Waals surface area contributed by atoms with Crippen molar-refractivity contribution in [2.75, 3.05) is 18.1 Å². The number of anilines is 1. The van der Waals surface area contributed by atoms with Gasteiger partial charge < -0.3 is 14.2 Å². The molecule has 0 unspecified atom stereocenters. The summed E-state index contributed by atoms with van der Waals surface area (Å²) in [7, 11) is 0. The molecule has 0 bridgehead atoms. The normalized spacial score (nSPS) is 16.2. The van der Waals surface area contributed by atoms with Crippen molar-refractivity contribution in [3.63, 3.8) is 0 Å². The smallest absolute Gasteiger partial charge is 0.227 e. The highest BCUT2D eigenvalue weighted by Gasteiger charge is 2.35. The van der Waals surface area contributed by atoms with E-state index in [2.05, 4.69) is 34.9 Å². The van der Waals surface area contributed by atoms with Crippen molar-refractivity contribution in [2.24, 2.45) is 0 Å². The van der Waals surface area contributed by atoms with E-state index in [0.717, 1.165) is 28.3 Å². The lowest BCUT2D eigenvalue weighted by Crippen LogP contribution is -2.25. The molecular formula is C28H27N3O2. The molecule has 0 N–H and O–H groups in total. The molecule has 5 heteroatoms. The Balaban J connectivity index is 1.46. The standard InChI is InChI=1S/C28H27N3O2/c1-2-33-26-17-9-8-16-25(26)31-20-22(19-27(31)32)28-29-23-14-6-7-15-24(23)30(28)18-10-13-21-11-4-3-5-12-21/h3-17,22H,2,18-20H2,1H3/b13-10+/t22-/m1/s1. The maximum atomic E-state index is 13.1. The average Bonchev–Trinajstić information content (AvgIpc) is 3.41. The molecule has 1 aliphatic rings. The van der Waals surface area contributed by atoms with Crippen LogP contribution in [0.4, 0.5) is 5.69 Å². The quantitative estimate of drug-likeness (QED) is 0.374. The summed E-state index contributed by atoms with van der Waals surface area (Å²) < 4.78 is 8.02. The number of imidazole rings is 1. The Morgan fingerprint density at radius 2 is 1.76 bits per heavy atom. The molecule has 0 saturated carbocycles. The van der Waals surface area contributed by atoms with E-state index in [1.54, 1.807) is 0 Å². The van der Waals surface area contributed by atoms with Crippen LogP contribution >= 0.6 is 0 Å². The lowest BCUT2D eigenvalue weighted by Gasteiger charge is -2.20. The van der Waals surface area contributed by atoms with E-state index in [1.165, 1.54) is 5.56 Å². The average molecular weight is 438 g/mol. The van der Waals surface area contributed by atoms with Crippen molar-refractivity contribution < 1.29 is 9.53 Å². The first-order valence-corrected chi connectivity index (χ1v) is 11.4. The van der Waals surface area contributed by atoms with Crippen LogP contribution in [-0.2, 0) is 11.3 Å². The van der Waals surface area contributed by atoms with Crippen LogP contribution in [0.1, 0.15) is 30.7 Å². The number of aromatic nitrogens is 2. The van der Waals surface area contributed by atoms with Crippen molar-refractivity contribution in [1.82, 2.24) is 9.55 Å². The molecule has 2 heterocycles. The number of hydrogen-bond acceptors (Lipinski definition) is 3. The Morgan fingerprint density at radius 1 is 1.00 bits per heavy atom. The molecule has 5 nitrogen and oxygen atoms in total. The molecule has 1 atom stereocenters. The van der Waals surface area contributed by atoms with Crippen LogP contribution in [0.15, 0.2) is 84.9 Å². The van der Waals surface area contributed by atoms with Crippen LogP contribution in [0.2, 0.25) is 0 Å². The summed E-state index contributed by atoms with van der Waals surface area (Å²) in [6, 6.07) is 26.2. The van der Waals surface area contributed by atoms with E-state index in [0.29, 0.717) is 26.1 Å². The van der Waals surface area contributed by atoms with Crippen LogP contribution in [0.25, 0.3) is 17.1 Å². The van der Waals surface area contributed by atoms with E-state index in [4.69, 9.17) is 9.72 Å². The Kier molecular flexibility index (Phi) is 5.94. The summed E-state index contributed by atoms with van der Waals surface area (Å²) in [6.07, 6.45) is 4.72. The van der Waals surface area contributed by atoms with Crippen molar-refractivity contribution in [3.05, 3.63) is 96.3 Å². The summed E-state index contributed by atoms with van der Waals surface area (Å²) in [5.41, 5.74) is 4.05. The molecule has 166 valence electrons. The highest BCUT2D eigenvalue weighted by molar-refractivity contribution is 5.97. The SMILES string of the molecule is CCOc1ccccc1N1C[C@H](c2nc3ccccc3n2C/C=C/c2ccccc2)CC1=O. The third kappa shape index (κ3) is 4.27. The third-order valence-corrected chi connectivity index (χ3v) is 6.03. The molecule has 0 spiro atoms. The number of carbonyl (C=O) groups is 1. The number of fused-ring (bicyclic) bond motifs is 1. The van der Waals surface area contributed by atoms with E-state index in [9.17, 15) is 4.79 Å². The fourth-order valence-corrected chi connectivity index (χ4v) is 4.53. The predicted molar refractivity (Wildman–Crippen MR) is 133 cm³/mol. The van der Waals surface area contributed by atoms with Gasteiger partial charge in [-0.3, -0.25) is 4.79 Å². The Labute approximate surface area is 193 Å². The molecule has 1 aliphatic heterocycles. The van der Waals surface area contributed by atoms with Gasteiger partial charge in [0, 0.05) is 25.4 Å². The lowest BCUT2D eigenvalue weighted by molar-refractivity contribution is -0.117. The maximum absolute atomic E-state index is 13.1. The maximum Gasteiger partial charge on any atom is 0.227 e. The van der Waals surface area contributed by atoms with E-state index in [1.807, 2.05) is 72.5 Å². The number of nitrogens with zero attached hydrogens (tertiary/aromatic N) is 3. The number of amides is 1. The molecule has 3 aromatic carbocycles. The van der Waals surface area contributed by atoms with Crippen LogP contribution in [0.3, 0.4) is 0 Å². The van der Waals surface area contributed by atoms with Gasteiger partial charge in [-0.25, -0.2) is 4.98 Å². The molecule has 4 aromatic rings. The summed E-state index contributed by atoms with van der Waals surface area (Å²) in [4.78, 5) is 19.9. The van der Waals surface area contributed by atoms with Crippen LogP contribution in [0, 0.1) is 0 Å². The van der Waals surface area contributed by atoms with Gasteiger partial charge in [0.2, 0.25) is 5.91 Å². The minimum absolute atomic E-state index is 0.0182. The summed E-state index contributed by atoms with van der Waals surface area (Å²) in [6.45, 7) is 3.81. The molecule has 1 amide bonds. The topological polar surface area (TPSA) is 47.4 Å². The molecule has 1 saturated heterocycles. The van der Waals surface area contributed by atoms with Crippen molar-refractivity contribution in [2.45, 2.75) is 25.8 Å². The number of para-hydroxylation sites is 4. The van der Waals surface area contributed by atoms with Gasteiger partial charge in [0.15, 0.2) is 0 Å². The van der Waals surface area contributed by atoms with E-state index < -0.39 is 0 Å². The largest absolute Gasteiger partial charge is 0.492 e. The van der Waals surface area contributed by atoms with Gasteiger partial charge in [-0.2, -0.15) is 0 Å². The second-order valence-corrected chi connectivity index (χ2v) is 8.19. The Bertz CT molecular complexity index is 1290. The lowest BCUT2D eigenvalue weighted by atomic mass is 10.1. The molecule has 33 heavy (non-hydrogen) atoms. The number of rotatable bonds is 7. The van der Waals surface area contributed by atoms with Crippen molar-refractivity contribution in [1.29, 1.82) is 0 Å². The number of ether oxygens (including phenoxy) is 1. The second-order valence-electron chi connectivity index (χ2n) is 8.19. The van der Waals surface area contributed by atoms with Crippen LogP contribution < -0.4 is 9.64 Å².